The number of allylic oxidation sites excluding steroid dienone is 1. The van der Waals surface area contributed by atoms with Gasteiger partial charge in [0.1, 0.15) is 6.10 Å². The first-order chi connectivity index (χ1) is 5.70. The normalized spacial score (nSPS) is 25.0. The Morgan fingerprint density at radius 1 is 1.75 bits per heavy atom. The molecule has 1 unspecified atom stereocenters. The Morgan fingerprint density at radius 3 is 3.00 bits per heavy atom. The fourth-order valence-corrected chi connectivity index (χ4v) is 1.24. The number of rotatable bonds is 2. The number of carbonyl (C=O) groups excluding carboxylic acids is 1. The second-order valence-electron chi connectivity index (χ2n) is 3.15. The molecule has 0 aromatic heterocycles. The fourth-order valence-electron chi connectivity index (χ4n) is 1.24. The van der Waals surface area contributed by atoms with Gasteiger partial charge in [-0.2, -0.15) is 0 Å². The predicted molar refractivity (Wildman–Crippen MR) is 46.6 cm³/mol. The number of aliphatic hydroxyl groups excluding tert-OH is 1. The molecule has 0 aromatic rings. The van der Waals surface area contributed by atoms with Crippen LogP contribution in [0.4, 0.5) is 0 Å². The number of aliphatic hydroxyl groups is 1. The summed E-state index contributed by atoms with van der Waals surface area (Å²) in [4.78, 5) is 11.0. The summed E-state index contributed by atoms with van der Waals surface area (Å²) in [6, 6.07) is 0.126. The van der Waals surface area contributed by atoms with Crippen LogP contribution in [0.5, 0.6) is 0 Å². The monoisotopic (exact) mass is 169 g/mol. The maximum Gasteiger partial charge on any atom is 0.249 e. The van der Waals surface area contributed by atoms with Crippen molar-refractivity contribution in [3.8, 4) is 0 Å². The van der Waals surface area contributed by atoms with Gasteiger partial charge in [-0.15, -0.1) is 0 Å². The van der Waals surface area contributed by atoms with E-state index in [0.29, 0.717) is 0 Å². The minimum absolute atomic E-state index is 0.126. The fraction of sp³-hybridized carbons (Fsp3) is 0.667. The molecule has 3 heteroatoms. The summed E-state index contributed by atoms with van der Waals surface area (Å²) in [5, 5.41) is 11.7. The summed E-state index contributed by atoms with van der Waals surface area (Å²) in [7, 11) is 0. The molecule has 0 fully saturated rings. The maximum atomic E-state index is 11.0. The van der Waals surface area contributed by atoms with Crippen molar-refractivity contribution in [2.75, 3.05) is 0 Å². The molecule has 1 rings (SSSR count). The molecule has 1 aliphatic carbocycles. The molecule has 0 bridgehead atoms. The predicted octanol–water partition coefficient (Wildman–Crippen LogP) is 0.592. The van der Waals surface area contributed by atoms with Gasteiger partial charge in [0.2, 0.25) is 5.91 Å². The Kier molecular flexibility index (Phi) is 3.29. The van der Waals surface area contributed by atoms with Crippen LogP contribution in [-0.4, -0.2) is 23.2 Å². The molecule has 68 valence electrons. The Morgan fingerprint density at radius 2 is 2.50 bits per heavy atom. The molecule has 0 saturated carbocycles. The van der Waals surface area contributed by atoms with Gasteiger partial charge in [0, 0.05) is 6.04 Å². The number of amides is 1. The lowest BCUT2D eigenvalue weighted by Gasteiger charge is -2.18. The molecule has 1 aliphatic rings. The van der Waals surface area contributed by atoms with E-state index in [1.807, 2.05) is 6.08 Å². The van der Waals surface area contributed by atoms with Crippen molar-refractivity contribution >= 4 is 5.91 Å². The van der Waals surface area contributed by atoms with E-state index in [1.165, 1.54) is 6.92 Å². The van der Waals surface area contributed by atoms with E-state index in [-0.39, 0.29) is 11.9 Å². The average Bonchev–Trinajstić information content (AvgIpc) is 2.06. The lowest BCUT2D eigenvalue weighted by Crippen LogP contribution is -2.39. The van der Waals surface area contributed by atoms with Crippen LogP contribution in [0.2, 0.25) is 0 Å². The van der Waals surface area contributed by atoms with Gasteiger partial charge >= 0.3 is 0 Å². The van der Waals surface area contributed by atoms with E-state index >= 15 is 0 Å². The Hall–Kier alpha value is -0.830. The van der Waals surface area contributed by atoms with Gasteiger partial charge in [-0.1, -0.05) is 12.2 Å². The van der Waals surface area contributed by atoms with Crippen molar-refractivity contribution in [3.05, 3.63) is 12.2 Å². The van der Waals surface area contributed by atoms with Crippen molar-refractivity contribution in [1.82, 2.24) is 5.32 Å². The molecule has 0 spiro atoms. The van der Waals surface area contributed by atoms with Crippen LogP contribution >= 0.6 is 0 Å². The molecule has 12 heavy (non-hydrogen) atoms. The highest BCUT2D eigenvalue weighted by Gasteiger charge is 2.14. The number of hydrogen-bond acceptors (Lipinski definition) is 2. The second kappa shape index (κ2) is 4.26. The molecule has 2 atom stereocenters. The molecular weight excluding hydrogens is 154 g/mol. The van der Waals surface area contributed by atoms with Crippen molar-refractivity contribution in [1.29, 1.82) is 0 Å². The molecule has 1 amide bonds. The summed E-state index contributed by atoms with van der Waals surface area (Å²) in [5.74, 6) is -0.286. The van der Waals surface area contributed by atoms with Gasteiger partial charge in [-0.3, -0.25) is 4.79 Å². The highest BCUT2D eigenvalue weighted by Crippen LogP contribution is 2.09. The highest BCUT2D eigenvalue weighted by atomic mass is 16.3. The van der Waals surface area contributed by atoms with Crippen LogP contribution in [0.1, 0.15) is 26.2 Å². The molecule has 0 aliphatic heterocycles. The first kappa shape index (κ1) is 9.26. The molecule has 0 heterocycles. The van der Waals surface area contributed by atoms with Gasteiger partial charge in [0.15, 0.2) is 0 Å². The van der Waals surface area contributed by atoms with Crippen LogP contribution in [0, 0.1) is 0 Å². The van der Waals surface area contributed by atoms with Gasteiger partial charge in [-0.25, -0.2) is 0 Å². The second-order valence-corrected chi connectivity index (χ2v) is 3.15. The Balaban J connectivity index is 2.35. The number of nitrogens with one attached hydrogen (secondary N) is 1. The maximum absolute atomic E-state index is 11.0. The van der Waals surface area contributed by atoms with Crippen LogP contribution in [-0.2, 0) is 4.79 Å². The van der Waals surface area contributed by atoms with Crippen LogP contribution in [0.3, 0.4) is 0 Å². The molecular formula is C9H15NO2. The topological polar surface area (TPSA) is 49.3 Å². The first-order valence-corrected chi connectivity index (χ1v) is 4.35. The summed E-state index contributed by atoms with van der Waals surface area (Å²) in [6.07, 6.45) is 6.35. The van der Waals surface area contributed by atoms with Crippen molar-refractivity contribution in [2.24, 2.45) is 0 Å². The lowest BCUT2D eigenvalue weighted by molar-refractivity contribution is -0.128. The van der Waals surface area contributed by atoms with E-state index in [1.54, 1.807) is 0 Å². The third kappa shape index (κ3) is 2.66. The van der Waals surface area contributed by atoms with Gasteiger partial charge in [-0.05, 0) is 26.2 Å². The van der Waals surface area contributed by atoms with E-state index in [9.17, 15) is 4.79 Å². The molecule has 2 N–H and O–H groups in total. The van der Waals surface area contributed by atoms with Crippen LogP contribution < -0.4 is 5.32 Å². The minimum Gasteiger partial charge on any atom is -0.384 e. The standard InChI is InChI=1S/C9H15NO2/c1-7(11)9(12)10-8-5-3-2-4-6-8/h3,5,7-8,11H,2,4,6H2,1H3,(H,10,12)/t7-,8?/m1/s1. The summed E-state index contributed by atoms with van der Waals surface area (Å²) in [5.41, 5.74) is 0. The Labute approximate surface area is 72.5 Å². The zero-order valence-corrected chi connectivity index (χ0v) is 7.29. The van der Waals surface area contributed by atoms with Crippen molar-refractivity contribution < 1.29 is 9.90 Å². The minimum atomic E-state index is -0.902. The van der Waals surface area contributed by atoms with Gasteiger partial charge in [0.25, 0.3) is 0 Å². The molecule has 0 aromatic carbocycles. The average molecular weight is 169 g/mol. The third-order valence-electron chi connectivity index (χ3n) is 1.96. The van der Waals surface area contributed by atoms with Gasteiger partial charge in [0.05, 0.1) is 0 Å². The quantitative estimate of drug-likeness (QED) is 0.594. The van der Waals surface area contributed by atoms with E-state index in [4.69, 9.17) is 5.11 Å². The molecule has 0 saturated heterocycles. The first-order valence-electron chi connectivity index (χ1n) is 4.35. The van der Waals surface area contributed by atoms with Crippen LogP contribution in [0.25, 0.3) is 0 Å². The van der Waals surface area contributed by atoms with E-state index < -0.39 is 6.10 Å². The largest absolute Gasteiger partial charge is 0.384 e. The highest BCUT2D eigenvalue weighted by molar-refractivity contribution is 5.80. The van der Waals surface area contributed by atoms with E-state index in [0.717, 1.165) is 19.3 Å². The summed E-state index contributed by atoms with van der Waals surface area (Å²) in [6.45, 7) is 1.47. The third-order valence-corrected chi connectivity index (χ3v) is 1.96. The zero-order chi connectivity index (χ0) is 8.97. The zero-order valence-electron chi connectivity index (χ0n) is 7.29. The van der Waals surface area contributed by atoms with E-state index in [2.05, 4.69) is 11.4 Å². The van der Waals surface area contributed by atoms with Gasteiger partial charge < -0.3 is 10.4 Å². The Bertz CT molecular complexity index is 187. The summed E-state index contributed by atoms with van der Waals surface area (Å²) >= 11 is 0. The smallest absolute Gasteiger partial charge is 0.249 e. The number of hydrogen-bond donors (Lipinski definition) is 2. The summed E-state index contributed by atoms with van der Waals surface area (Å²) < 4.78 is 0. The van der Waals surface area contributed by atoms with Crippen molar-refractivity contribution in [2.45, 2.75) is 38.3 Å². The molecule has 3 nitrogen and oxygen atoms in total. The molecule has 0 radical (unpaired) electrons. The SMILES string of the molecule is C[C@@H](O)C(=O)NC1C=CCCC1. The van der Waals surface area contributed by atoms with Crippen LogP contribution in [0.15, 0.2) is 12.2 Å². The lowest BCUT2D eigenvalue weighted by atomic mass is 10.0. The van der Waals surface area contributed by atoms with Crippen molar-refractivity contribution in [3.63, 3.8) is 0 Å². The number of carbonyl (C=O) groups is 1.